The van der Waals surface area contributed by atoms with Crippen molar-refractivity contribution in [1.82, 2.24) is 10.2 Å². The summed E-state index contributed by atoms with van der Waals surface area (Å²) in [6.07, 6.45) is 0. The third-order valence-corrected chi connectivity index (χ3v) is 7.28. The van der Waals surface area contributed by atoms with Gasteiger partial charge in [-0.25, -0.2) is 9.18 Å². The summed E-state index contributed by atoms with van der Waals surface area (Å²) in [4.78, 5) is 32.8. The number of nitrogens with one attached hydrogen (secondary N) is 3. The van der Waals surface area contributed by atoms with Gasteiger partial charge in [-0.2, -0.15) is 0 Å². The normalized spacial score (nSPS) is 13.2. The van der Waals surface area contributed by atoms with Crippen molar-refractivity contribution in [1.29, 1.82) is 0 Å². The first kappa shape index (κ1) is 29.7. The van der Waals surface area contributed by atoms with Crippen molar-refractivity contribution in [3.8, 4) is 5.75 Å². The lowest BCUT2D eigenvalue weighted by Gasteiger charge is -2.38. The molecule has 0 spiro atoms. The Morgan fingerprint density at radius 3 is 2.22 bits per heavy atom. The number of rotatable bonds is 11. The number of likely N-dealkylation sites (N-methyl/N-ethyl adjacent to an activating group) is 1. The number of nitrogens with zero attached hydrogens (tertiary/aromatic N) is 3. The first-order valence-electron chi connectivity index (χ1n) is 14.0. The number of carbonyl (C=O) groups excluding carboxylic acids is 2. The molecule has 1 fully saturated rings. The predicted molar refractivity (Wildman–Crippen MR) is 163 cm³/mol. The molecule has 0 bridgehead atoms. The van der Waals surface area contributed by atoms with Gasteiger partial charge in [0.1, 0.15) is 11.6 Å². The van der Waals surface area contributed by atoms with Crippen LogP contribution >= 0.6 is 0 Å². The Bertz CT molecular complexity index is 1320. The maximum atomic E-state index is 14.0. The average Bonchev–Trinajstić information content (AvgIpc) is 3.00. The second kappa shape index (κ2) is 14.4. The monoisotopic (exact) mass is 562 g/mol. The van der Waals surface area contributed by atoms with Crippen molar-refractivity contribution in [2.24, 2.45) is 0 Å². The molecule has 3 N–H and O–H groups in total. The Kier molecular flexibility index (Phi) is 10.4. The lowest BCUT2D eigenvalue weighted by Crippen LogP contribution is -2.47. The summed E-state index contributed by atoms with van der Waals surface area (Å²) in [5.74, 6) is 0.0920. The molecule has 218 valence electrons. The largest absolute Gasteiger partial charge is 0.495 e. The van der Waals surface area contributed by atoms with E-state index in [2.05, 4.69) is 50.6 Å². The highest BCUT2D eigenvalue weighted by Gasteiger charge is 2.24. The Morgan fingerprint density at radius 2 is 1.54 bits per heavy atom. The van der Waals surface area contributed by atoms with E-state index >= 15 is 0 Å². The van der Waals surface area contributed by atoms with Crippen LogP contribution in [0.2, 0.25) is 0 Å². The Hall–Kier alpha value is -4.31. The van der Waals surface area contributed by atoms with E-state index < -0.39 is 11.8 Å². The first-order valence-corrected chi connectivity index (χ1v) is 14.0. The predicted octanol–water partition coefficient (Wildman–Crippen LogP) is 4.88. The molecule has 0 atom stereocenters. The third-order valence-electron chi connectivity index (χ3n) is 7.28. The summed E-state index contributed by atoms with van der Waals surface area (Å²) in [7, 11) is 1.67. The zero-order valence-electron chi connectivity index (χ0n) is 24.0. The number of methoxy groups -OCH3 is 1. The molecule has 0 aliphatic carbocycles. The van der Waals surface area contributed by atoms with Crippen LogP contribution in [-0.4, -0.2) is 76.3 Å². The highest BCUT2D eigenvalue weighted by Crippen LogP contribution is 2.31. The summed E-state index contributed by atoms with van der Waals surface area (Å²) in [5, 5.41) is 8.29. The number of para-hydroxylation sites is 3. The smallest absolute Gasteiger partial charge is 0.323 e. The average molecular weight is 563 g/mol. The van der Waals surface area contributed by atoms with Gasteiger partial charge in [-0.1, -0.05) is 38.1 Å². The minimum Gasteiger partial charge on any atom is -0.495 e. The molecular weight excluding hydrogens is 523 g/mol. The van der Waals surface area contributed by atoms with Gasteiger partial charge < -0.3 is 35.4 Å². The summed E-state index contributed by atoms with van der Waals surface area (Å²) in [5.41, 5.74) is 2.82. The van der Waals surface area contributed by atoms with Gasteiger partial charge in [0.15, 0.2) is 0 Å². The van der Waals surface area contributed by atoms with Gasteiger partial charge in [-0.15, -0.1) is 0 Å². The van der Waals surface area contributed by atoms with Gasteiger partial charge in [0.05, 0.1) is 24.0 Å². The lowest BCUT2D eigenvalue weighted by atomic mass is 10.1. The Labute approximate surface area is 241 Å². The van der Waals surface area contributed by atoms with Crippen LogP contribution in [0, 0.1) is 5.82 Å². The van der Waals surface area contributed by atoms with Crippen LogP contribution in [0.15, 0.2) is 66.7 Å². The van der Waals surface area contributed by atoms with Crippen LogP contribution in [0.5, 0.6) is 5.75 Å². The molecule has 3 aromatic rings. The standard InChI is InChI=1S/C31H39FN6O3/c1-4-36(5-2)17-16-33-30(39)24-22-23(34-31(40)35-26-11-7-6-10-25(26)32)14-15-27(24)37-18-20-38(21-19-37)28-12-8-9-13-29(28)41-3/h6-15,22H,4-5,16-21H2,1-3H3,(H,33,39)(H2,34,35,40). The molecule has 1 aliphatic heterocycles. The molecule has 1 aliphatic rings. The van der Waals surface area contributed by atoms with E-state index in [0.29, 0.717) is 30.9 Å². The number of hydrogen-bond acceptors (Lipinski definition) is 6. The van der Waals surface area contributed by atoms with Gasteiger partial charge in [0.2, 0.25) is 0 Å². The fourth-order valence-electron chi connectivity index (χ4n) is 4.96. The molecule has 0 saturated carbocycles. The Balaban J connectivity index is 1.50. The molecule has 1 saturated heterocycles. The number of piperazine rings is 1. The minimum absolute atomic E-state index is 0.0731. The van der Waals surface area contributed by atoms with E-state index in [4.69, 9.17) is 4.74 Å². The number of urea groups is 1. The number of amides is 3. The quantitative estimate of drug-likeness (QED) is 0.309. The molecule has 0 aromatic heterocycles. The summed E-state index contributed by atoms with van der Waals surface area (Å²) in [6.45, 7) is 10.2. The molecule has 9 nitrogen and oxygen atoms in total. The van der Waals surface area contributed by atoms with Crippen molar-refractivity contribution >= 4 is 34.7 Å². The van der Waals surface area contributed by atoms with Crippen LogP contribution in [0.4, 0.5) is 31.9 Å². The zero-order chi connectivity index (χ0) is 29.2. The summed E-state index contributed by atoms with van der Waals surface area (Å²) < 4.78 is 19.6. The van der Waals surface area contributed by atoms with Crippen LogP contribution in [0.3, 0.4) is 0 Å². The SMILES string of the molecule is CCN(CC)CCNC(=O)c1cc(NC(=O)Nc2ccccc2F)ccc1N1CCN(c2ccccc2OC)CC1. The number of hydrogen-bond donors (Lipinski definition) is 3. The second-order valence-electron chi connectivity index (χ2n) is 9.72. The van der Waals surface area contributed by atoms with Crippen molar-refractivity contribution < 1.29 is 18.7 Å². The maximum absolute atomic E-state index is 14.0. The molecule has 10 heteroatoms. The van der Waals surface area contributed by atoms with E-state index in [1.165, 1.54) is 12.1 Å². The Morgan fingerprint density at radius 1 is 0.878 bits per heavy atom. The molecule has 1 heterocycles. The van der Waals surface area contributed by atoms with E-state index in [0.717, 1.165) is 49.8 Å². The van der Waals surface area contributed by atoms with Gasteiger partial charge in [-0.05, 0) is 55.6 Å². The van der Waals surface area contributed by atoms with Gasteiger partial charge >= 0.3 is 6.03 Å². The zero-order valence-corrected chi connectivity index (χ0v) is 24.0. The second-order valence-corrected chi connectivity index (χ2v) is 9.72. The number of benzene rings is 3. The maximum Gasteiger partial charge on any atom is 0.323 e. The van der Waals surface area contributed by atoms with E-state index in [1.807, 2.05) is 24.3 Å². The van der Waals surface area contributed by atoms with Crippen molar-refractivity contribution in [3.05, 3.63) is 78.1 Å². The first-order chi connectivity index (χ1) is 19.9. The van der Waals surface area contributed by atoms with Crippen LogP contribution in [-0.2, 0) is 0 Å². The summed E-state index contributed by atoms with van der Waals surface area (Å²) in [6, 6.07) is 18.6. The highest BCUT2D eigenvalue weighted by molar-refractivity contribution is 6.04. The van der Waals surface area contributed by atoms with E-state index in [9.17, 15) is 14.0 Å². The van der Waals surface area contributed by atoms with Crippen LogP contribution in [0.1, 0.15) is 24.2 Å². The third kappa shape index (κ3) is 7.67. The summed E-state index contributed by atoms with van der Waals surface area (Å²) >= 11 is 0. The van der Waals surface area contributed by atoms with Gasteiger partial charge in [-0.3, -0.25) is 4.79 Å². The van der Waals surface area contributed by atoms with Crippen LogP contribution in [0.25, 0.3) is 0 Å². The molecule has 0 radical (unpaired) electrons. The minimum atomic E-state index is -0.596. The topological polar surface area (TPSA) is 89.2 Å². The number of ether oxygens (including phenoxy) is 1. The van der Waals surface area contributed by atoms with E-state index in [-0.39, 0.29) is 11.6 Å². The van der Waals surface area contributed by atoms with Crippen molar-refractivity contribution in [2.45, 2.75) is 13.8 Å². The van der Waals surface area contributed by atoms with Gasteiger partial charge in [0, 0.05) is 50.6 Å². The fraction of sp³-hybridized carbons (Fsp3) is 0.355. The number of anilines is 4. The number of halogens is 1. The van der Waals surface area contributed by atoms with Crippen molar-refractivity contribution in [2.75, 3.05) is 79.9 Å². The lowest BCUT2D eigenvalue weighted by molar-refractivity contribution is 0.0949. The number of carbonyl (C=O) groups is 2. The van der Waals surface area contributed by atoms with Crippen LogP contribution < -0.4 is 30.5 Å². The molecule has 3 amide bonds. The molecule has 4 rings (SSSR count). The van der Waals surface area contributed by atoms with Gasteiger partial charge in [0.25, 0.3) is 5.91 Å². The molecule has 3 aromatic carbocycles. The molecule has 0 unspecified atom stereocenters. The van der Waals surface area contributed by atoms with Crippen molar-refractivity contribution in [3.63, 3.8) is 0 Å². The van der Waals surface area contributed by atoms with E-state index in [1.54, 1.807) is 31.4 Å². The highest BCUT2D eigenvalue weighted by atomic mass is 19.1. The molecule has 41 heavy (non-hydrogen) atoms. The fourth-order valence-corrected chi connectivity index (χ4v) is 4.96. The molecular formula is C31H39FN6O3.